The quantitative estimate of drug-likeness (QED) is 0.533. The van der Waals surface area contributed by atoms with Gasteiger partial charge in [0.1, 0.15) is 5.75 Å². The minimum atomic E-state index is -2.65. The van der Waals surface area contributed by atoms with Gasteiger partial charge in [-0.15, -0.1) is 0 Å². The maximum atomic E-state index is 11.6. The maximum absolute atomic E-state index is 11.6. The molecule has 2 N–H and O–H groups in total. The Kier molecular flexibility index (Phi) is 3.72. The lowest BCUT2D eigenvalue weighted by Gasteiger charge is -2.33. The predicted molar refractivity (Wildman–Crippen MR) is 71.6 cm³/mol. The fraction of sp³-hybridized carbons (Fsp3) is 0.900. The minimum Gasteiger partial charge on any atom is -0.378 e. The lowest BCUT2D eigenvalue weighted by Crippen LogP contribution is -2.54. The Morgan fingerprint density at radius 3 is 2.71 bits per heavy atom. The topological polar surface area (TPSA) is 61.8 Å². The Morgan fingerprint density at radius 1 is 1.53 bits per heavy atom. The normalized spacial score (nSPS) is 38.1. The molecular formula is C10H19N2O3S2+. The van der Waals surface area contributed by atoms with Gasteiger partial charge in [-0.05, 0) is 19.1 Å². The first-order chi connectivity index (χ1) is 7.90. The molecule has 17 heavy (non-hydrogen) atoms. The van der Waals surface area contributed by atoms with Gasteiger partial charge in [-0.3, -0.25) is 0 Å². The van der Waals surface area contributed by atoms with Crippen LogP contribution >= 0.6 is 12.2 Å². The van der Waals surface area contributed by atoms with Crippen LogP contribution in [0.25, 0.3) is 0 Å². The van der Waals surface area contributed by atoms with Gasteiger partial charge in [-0.2, -0.15) is 4.55 Å². The first kappa shape index (κ1) is 13.2. The molecule has 2 atom stereocenters. The average Bonchev–Trinajstić information content (AvgIpc) is 2.54. The number of hydrogen-bond donors (Lipinski definition) is 2. The van der Waals surface area contributed by atoms with Gasteiger partial charge < -0.3 is 15.0 Å². The maximum Gasteiger partial charge on any atom is 0.216 e. The average molecular weight is 279 g/mol. The van der Waals surface area contributed by atoms with E-state index in [0.29, 0.717) is 30.5 Å². The van der Waals surface area contributed by atoms with Crippen LogP contribution in [0.2, 0.25) is 0 Å². The van der Waals surface area contributed by atoms with Gasteiger partial charge in [0.05, 0.1) is 18.8 Å². The van der Waals surface area contributed by atoms with Crippen molar-refractivity contribution in [3.05, 3.63) is 0 Å². The number of thiocarbonyl (C=S) groups is 1. The van der Waals surface area contributed by atoms with Crippen LogP contribution in [-0.4, -0.2) is 57.9 Å². The summed E-state index contributed by atoms with van der Waals surface area (Å²) in [6.07, 6.45) is 0.687. The fourth-order valence-corrected chi connectivity index (χ4v) is 4.78. The summed E-state index contributed by atoms with van der Waals surface area (Å²) in [4.78, 5) is 2.06. The molecule has 0 aromatic rings. The molecule has 2 fully saturated rings. The minimum absolute atomic E-state index is 0.282. The molecule has 98 valence electrons. The molecule has 7 heteroatoms. The second kappa shape index (κ2) is 4.79. The third-order valence-electron chi connectivity index (χ3n) is 3.22. The molecule has 0 spiro atoms. The molecule has 0 bridgehead atoms. The molecule has 2 saturated heterocycles. The van der Waals surface area contributed by atoms with Gasteiger partial charge in [0.2, 0.25) is 10.2 Å². The summed E-state index contributed by atoms with van der Waals surface area (Å²) >= 11 is 5.34. The molecule has 5 nitrogen and oxygen atoms in total. The standard InChI is InChI=1S/C10H18N2O3S2/c1-10(2-7-17(13,14)8-10)11-9(16)12-3-5-15-6-4-12/h2-8H2,1H3,(H-,11,13,14,16)/p+1/t10-/m1/s1. The second-order valence-electron chi connectivity index (χ2n) is 4.96. The summed E-state index contributed by atoms with van der Waals surface area (Å²) in [6.45, 7) is 4.92. The highest BCUT2D eigenvalue weighted by atomic mass is 32.3. The molecule has 0 amide bonds. The largest absolute Gasteiger partial charge is 0.378 e. The Balaban J connectivity index is 1.92. The first-order valence-electron chi connectivity index (χ1n) is 5.77. The molecule has 0 saturated carbocycles. The van der Waals surface area contributed by atoms with Crippen molar-refractivity contribution in [3.63, 3.8) is 0 Å². The van der Waals surface area contributed by atoms with Crippen molar-refractivity contribution in [2.45, 2.75) is 18.9 Å². The molecule has 2 aliphatic heterocycles. The van der Waals surface area contributed by atoms with E-state index in [2.05, 4.69) is 10.2 Å². The van der Waals surface area contributed by atoms with E-state index in [0.717, 1.165) is 13.1 Å². The Labute approximate surface area is 108 Å². The van der Waals surface area contributed by atoms with Crippen LogP contribution in [0.15, 0.2) is 0 Å². The summed E-state index contributed by atoms with van der Waals surface area (Å²) in [5.41, 5.74) is -0.346. The van der Waals surface area contributed by atoms with Crippen molar-refractivity contribution in [1.29, 1.82) is 0 Å². The van der Waals surface area contributed by atoms with E-state index >= 15 is 0 Å². The zero-order valence-corrected chi connectivity index (χ0v) is 11.6. The zero-order valence-electron chi connectivity index (χ0n) is 9.98. The van der Waals surface area contributed by atoms with Crippen molar-refractivity contribution in [1.82, 2.24) is 10.2 Å². The highest BCUT2D eigenvalue weighted by Gasteiger charge is 2.47. The molecule has 1 unspecified atom stereocenters. The Hall–Kier alpha value is -0.240. The van der Waals surface area contributed by atoms with Crippen molar-refractivity contribution >= 4 is 27.5 Å². The number of hydrogen-bond acceptors (Lipinski definition) is 3. The molecule has 0 aromatic heterocycles. The number of nitrogens with one attached hydrogen (secondary N) is 1. The fourth-order valence-electron chi connectivity index (χ4n) is 2.23. The summed E-state index contributed by atoms with van der Waals surface area (Å²) in [7, 11) is -2.65. The third kappa shape index (κ3) is 3.37. The first-order valence-corrected chi connectivity index (χ1v) is 8.03. The van der Waals surface area contributed by atoms with E-state index in [1.165, 1.54) is 0 Å². The van der Waals surface area contributed by atoms with Crippen molar-refractivity contribution in [2.75, 3.05) is 37.8 Å². The third-order valence-corrected chi connectivity index (χ3v) is 5.51. The highest BCUT2D eigenvalue weighted by molar-refractivity contribution is 7.98. The van der Waals surface area contributed by atoms with Crippen LogP contribution in [0.3, 0.4) is 0 Å². The van der Waals surface area contributed by atoms with Crippen LogP contribution in [0.1, 0.15) is 13.3 Å². The summed E-state index contributed by atoms with van der Waals surface area (Å²) < 4.78 is 26.4. The SMILES string of the molecule is C[C@@]1(NC(=S)N2CCOCC2)CC[S+](=O)(O)C1. The van der Waals surface area contributed by atoms with Crippen molar-refractivity contribution in [2.24, 2.45) is 0 Å². The van der Waals surface area contributed by atoms with E-state index < -0.39 is 10.2 Å². The van der Waals surface area contributed by atoms with E-state index in [9.17, 15) is 8.76 Å². The van der Waals surface area contributed by atoms with Crippen LogP contribution in [-0.2, 0) is 19.2 Å². The number of nitrogens with zero attached hydrogens (tertiary/aromatic N) is 1. The molecule has 0 aromatic carbocycles. The molecule has 0 aliphatic carbocycles. The smallest absolute Gasteiger partial charge is 0.216 e. The van der Waals surface area contributed by atoms with Gasteiger partial charge in [0.15, 0.2) is 10.9 Å². The van der Waals surface area contributed by atoms with E-state index in [-0.39, 0.29) is 11.3 Å². The predicted octanol–water partition coefficient (Wildman–Crippen LogP) is 0.328. The molecule has 2 heterocycles. The van der Waals surface area contributed by atoms with Gasteiger partial charge in [-0.1, -0.05) is 4.21 Å². The van der Waals surface area contributed by atoms with Gasteiger partial charge in [0, 0.05) is 19.5 Å². The second-order valence-corrected chi connectivity index (χ2v) is 7.59. The van der Waals surface area contributed by atoms with E-state index in [1.807, 2.05) is 6.92 Å². The highest BCUT2D eigenvalue weighted by Crippen LogP contribution is 2.26. The van der Waals surface area contributed by atoms with Gasteiger partial charge in [0.25, 0.3) is 0 Å². The van der Waals surface area contributed by atoms with Crippen LogP contribution in [0, 0.1) is 0 Å². The van der Waals surface area contributed by atoms with Crippen molar-refractivity contribution < 1.29 is 13.5 Å². The molecule has 2 rings (SSSR count). The number of morpholine rings is 1. The molecule has 2 aliphatic rings. The molecular weight excluding hydrogens is 260 g/mol. The lowest BCUT2D eigenvalue weighted by molar-refractivity contribution is 0.0670. The summed E-state index contributed by atoms with van der Waals surface area (Å²) in [6, 6.07) is 0. The van der Waals surface area contributed by atoms with Crippen LogP contribution < -0.4 is 5.32 Å². The lowest BCUT2D eigenvalue weighted by atomic mass is 10.0. The van der Waals surface area contributed by atoms with E-state index in [1.54, 1.807) is 0 Å². The summed E-state index contributed by atoms with van der Waals surface area (Å²) in [5.74, 6) is 0.646. The van der Waals surface area contributed by atoms with Gasteiger partial charge in [-0.25, -0.2) is 0 Å². The summed E-state index contributed by atoms with van der Waals surface area (Å²) in [5, 5.41) is 3.92. The van der Waals surface area contributed by atoms with E-state index in [4.69, 9.17) is 17.0 Å². The van der Waals surface area contributed by atoms with Crippen LogP contribution in [0.5, 0.6) is 0 Å². The Bertz CT molecular complexity index is 357. The Morgan fingerprint density at radius 2 is 2.18 bits per heavy atom. The van der Waals surface area contributed by atoms with Gasteiger partial charge >= 0.3 is 0 Å². The zero-order chi connectivity index (χ0) is 12.5. The van der Waals surface area contributed by atoms with Crippen LogP contribution in [0.4, 0.5) is 0 Å². The van der Waals surface area contributed by atoms with Crippen molar-refractivity contribution in [3.8, 4) is 0 Å². The number of ether oxygens (including phenoxy) is 1. The monoisotopic (exact) mass is 279 g/mol. The molecule has 0 radical (unpaired) electrons. The number of rotatable bonds is 1.